The van der Waals surface area contributed by atoms with Crippen molar-refractivity contribution in [3.05, 3.63) is 23.8 Å². The van der Waals surface area contributed by atoms with E-state index in [0.717, 1.165) is 75.0 Å². The molecule has 370 valence electrons. The lowest BCUT2D eigenvalue weighted by molar-refractivity contribution is -0.135. The monoisotopic (exact) mass is 889 g/mol. The molecule has 0 saturated heterocycles. The second-order valence-electron chi connectivity index (χ2n) is 23.5. The molecule has 4 rings (SSSR count). The van der Waals surface area contributed by atoms with Crippen LogP contribution in [0.15, 0.2) is 23.8 Å². The highest BCUT2D eigenvalue weighted by molar-refractivity contribution is 6.02. The number of hydrogen-bond donors (Lipinski definition) is 1. The quantitative estimate of drug-likeness (QED) is 0.0384. The summed E-state index contributed by atoms with van der Waals surface area (Å²) in [6, 6.07) is 0. The first kappa shape index (κ1) is 55.4. The average molecular weight is 890 g/mol. The number of carbonyl (C=O) groups excluding carboxylic acids is 2. The van der Waals surface area contributed by atoms with Gasteiger partial charge in [0.2, 0.25) is 0 Å². The maximum absolute atomic E-state index is 14.0. The van der Waals surface area contributed by atoms with Gasteiger partial charge in [-0.15, -0.1) is 0 Å². The smallest absolute Gasteiger partial charge is 0.143 e. The number of carbonyl (C=O) groups is 2. The van der Waals surface area contributed by atoms with Crippen LogP contribution in [-0.2, 0) is 9.59 Å². The zero-order chi connectivity index (χ0) is 46.0. The topological polar surface area (TPSA) is 54.4 Å². The van der Waals surface area contributed by atoms with Gasteiger partial charge < -0.3 is 5.11 Å². The standard InChI is InChI=1S/C61H108O3/c1-7-9-11-13-15-17-19-21-22-24-26-28-30-32-34-39-58(64)59(57(63)38-33-31-29-27-25-23-20-18-16-14-12-10-8-2)50(4)37-35-36-49(3)54-42-43-55-53-41-40-51-48-52(62)44-46-60(51,5)56(53)45-47-61(54,55)6/h21-22,40,49-50,52-56,59,62H,7-20,23-39,41-48H2,1-6H3/b22-21-/t49-,50?,52+,53+,54-,55+,56+,59?,60+,61-/m1/s1. The van der Waals surface area contributed by atoms with Gasteiger partial charge in [-0.3, -0.25) is 9.59 Å². The lowest BCUT2D eigenvalue weighted by Crippen LogP contribution is -2.50. The van der Waals surface area contributed by atoms with Gasteiger partial charge in [0.1, 0.15) is 11.6 Å². The Bertz CT molecular complexity index is 1330. The average Bonchev–Trinajstić information content (AvgIpc) is 3.64. The molecule has 0 spiro atoms. The summed E-state index contributed by atoms with van der Waals surface area (Å²) in [5, 5.41) is 10.5. The van der Waals surface area contributed by atoms with E-state index in [1.807, 2.05) is 0 Å². The predicted octanol–water partition coefficient (Wildman–Crippen LogP) is 18.6. The zero-order valence-electron chi connectivity index (χ0n) is 43.7. The van der Waals surface area contributed by atoms with Gasteiger partial charge in [0.25, 0.3) is 0 Å². The maximum Gasteiger partial charge on any atom is 0.143 e. The van der Waals surface area contributed by atoms with Crippen molar-refractivity contribution in [1.29, 1.82) is 0 Å². The first-order valence-corrected chi connectivity index (χ1v) is 29.1. The minimum atomic E-state index is -0.389. The van der Waals surface area contributed by atoms with E-state index in [-0.39, 0.29) is 29.5 Å². The minimum absolute atomic E-state index is 0.128. The summed E-state index contributed by atoms with van der Waals surface area (Å²) in [5.41, 5.74) is 2.33. The predicted molar refractivity (Wildman–Crippen MR) is 277 cm³/mol. The Kier molecular flexibility index (Phi) is 26.8. The summed E-state index contributed by atoms with van der Waals surface area (Å²) in [4.78, 5) is 28.0. The lowest BCUT2D eigenvalue weighted by atomic mass is 9.47. The van der Waals surface area contributed by atoms with Crippen molar-refractivity contribution in [2.24, 2.45) is 52.3 Å². The second-order valence-corrected chi connectivity index (χ2v) is 23.5. The van der Waals surface area contributed by atoms with Gasteiger partial charge in [-0.1, -0.05) is 207 Å². The molecule has 0 aromatic heterocycles. The molecule has 10 atom stereocenters. The van der Waals surface area contributed by atoms with Crippen molar-refractivity contribution in [3.63, 3.8) is 0 Å². The summed E-state index contributed by atoms with van der Waals surface area (Å²) < 4.78 is 0. The van der Waals surface area contributed by atoms with Crippen LogP contribution in [0.3, 0.4) is 0 Å². The van der Waals surface area contributed by atoms with Gasteiger partial charge in [-0.25, -0.2) is 0 Å². The van der Waals surface area contributed by atoms with Crippen molar-refractivity contribution in [3.8, 4) is 0 Å². The van der Waals surface area contributed by atoms with Crippen LogP contribution < -0.4 is 0 Å². The fourth-order valence-electron chi connectivity index (χ4n) is 14.6. The van der Waals surface area contributed by atoms with Crippen LogP contribution in [-0.4, -0.2) is 22.8 Å². The van der Waals surface area contributed by atoms with E-state index < -0.39 is 0 Å². The van der Waals surface area contributed by atoms with Gasteiger partial charge in [-0.2, -0.15) is 0 Å². The van der Waals surface area contributed by atoms with E-state index in [1.165, 1.54) is 186 Å². The van der Waals surface area contributed by atoms with Crippen molar-refractivity contribution >= 4 is 11.6 Å². The highest BCUT2D eigenvalue weighted by Crippen LogP contribution is 2.67. The second kappa shape index (κ2) is 31.0. The molecule has 0 aliphatic heterocycles. The minimum Gasteiger partial charge on any atom is -0.393 e. The van der Waals surface area contributed by atoms with E-state index in [1.54, 1.807) is 5.57 Å². The molecule has 1 N–H and O–H groups in total. The van der Waals surface area contributed by atoms with E-state index in [9.17, 15) is 14.7 Å². The van der Waals surface area contributed by atoms with Crippen LogP contribution in [0.4, 0.5) is 0 Å². The summed E-state index contributed by atoms with van der Waals surface area (Å²) in [5.74, 6) is 4.20. The molecule has 3 heteroatoms. The molecule has 0 bridgehead atoms. The zero-order valence-corrected chi connectivity index (χ0v) is 43.7. The summed E-state index contributed by atoms with van der Waals surface area (Å²) >= 11 is 0. The molecule has 3 saturated carbocycles. The largest absolute Gasteiger partial charge is 0.393 e. The Labute approximate surface area is 398 Å². The molecular formula is C61H108O3. The van der Waals surface area contributed by atoms with E-state index in [2.05, 4.69) is 59.8 Å². The van der Waals surface area contributed by atoms with Crippen LogP contribution in [0.1, 0.15) is 292 Å². The Hall–Kier alpha value is -1.22. The lowest BCUT2D eigenvalue weighted by Gasteiger charge is -2.58. The van der Waals surface area contributed by atoms with Crippen molar-refractivity contribution in [2.45, 2.75) is 298 Å². The third-order valence-electron chi connectivity index (χ3n) is 18.6. The van der Waals surface area contributed by atoms with Crippen LogP contribution >= 0.6 is 0 Å². The van der Waals surface area contributed by atoms with Gasteiger partial charge in [-0.05, 0) is 143 Å². The van der Waals surface area contributed by atoms with Gasteiger partial charge in [0.05, 0.1) is 12.0 Å². The highest BCUT2D eigenvalue weighted by Gasteiger charge is 2.59. The van der Waals surface area contributed by atoms with Crippen LogP contribution in [0.2, 0.25) is 0 Å². The van der Waals surface area contributed by atoms with Gasteiger partial charge in [0.15, 0.2) is 0 Å². The molecule has 0 amide bonds. The van der Waals surface area contributed by atoms with Gasteiger partial charge >= 0.3 is 0 Å². The Balaban J connectivity index is 1.19. The number of hydrogen-bond acceptors (Lipinski definition) is 3. The molecule has 4 aliphatic rings. The molecule has 0 heterocycles. The fraction of sp³-hybridized carbons (Fsp3) is 0.902. The SMILES string of the molecule is CCCCCCCC/C=C\CCCCCCCC(=O)C(C(=O)CCCCCCCCCCCCCCC)C(C)CCC[C@@H](C)[C@H]1CC[C@H]2[C@@H]3CC=C4C[C@@H](O)CC[C@]4(C)[C@H]3CC[C@]12C. The molecule has 0 aromatic carbocycles. The Morgan fingerprint density at radius 3 is 1.64 bits per heavy atom. The molecule has 0 aromatic rings. The number of aliphatic hydroxyl groups is 1. The van der Waals surface area contributed by atoms with Crippen LogP contribution in [0.5, 0.6) is 0 Å². The fourth-order valence-corrected chi connectivity index (χ4v) is 14.6. The van der Waals surface area contributed by atoms with E-state index in [0.29, 0.717) is 29.6 Å². The molecular weight excluding hydrogens is 781 g/mol. The van der Waals surface area contributed by atoms with Gasteiger partial charge in [0, 0.05) is 12.8 Å². The van der Waals surface area contributed by atoms with Crippen molar-refractivity contribution in [2.75, 3.05) is 0 Å². The maximum atomic E-state index is 14.0. The third-order valence-corrected chi connectivity index (χ3v) is 18.6. The summed E-state index contributed by atoms with van der Waals surface area (Å²) in [6.45, 7) is 14.6. The van der Waals surface area contributed by atoms with E-state index >= 15 is 0 Å². The number of ketones is 2. The number of unbranched alkanes of at least 4 members (excludes halogenated alkanes) is 23. The molecule has 4 aliphatic carbocycles. The molecule has 2 unspecified atom stereocenters. The number of Topliss-reactive ketones (excluding diaryl/α,β-unsaturated/α-hetero) is 2. The molecule has 0 radical (unpaired) electrons. The highest BCUT2D eigenvalue weighted by atomic mass is 16.3. The first-order valence-electron chi connectivity index (χ1n) is 29.1. The third kappa shape index (κ3) is 17.7. The number of allylic oxidation sites excluding steroid dienone is 3. The normalized spacial score (nSPS) is 28.0. The summed E-state index contributed by atoms with van der Waals surface area (Å²) in [7, 11) is 0. The van der Waals surface area contributed by atoms with Crippen molar-refractivity contribution in [1.82, 2.24) is 0 Å². The number of aliphatic hydroxyl groups excluding tert-OH is 1. The Morgan fingerprint density at radius 1 is 0.609 bits per heavy atom. The molecule has 3 nitrogen and oxygen atoms in total. The summed E-state index contributed by atoms with van der Waals surface area (Å²) in [6.07, 6.45) is 55.1. The van der Waals surface area contributed by atoms with E-state index in [4.69, 9.17) is 0 Å². The van der Waals surface area contributed by atoms with Crippen LogP contribution in [0.25, 0.3) is 0 Å². The Morgan fingerprint density at radius 2 is 1.11 bits per heavy atom. The number of fused-ring (bicyclic) bond motifs is 5. The van der Waals surface area contributed by atoms with Crippen molar-refractivity contribution < 1.29 is 14.7 Å². The van der Waals surface area contributed by atoms with Crippen LogP contribution in [0, 0.1) is 52.3 Å². The first-order chi connectivity index (χ1) is 31.1. The molecule has 64 heavy (non-hydrogen) atoms. The molecule has 3 fully saturated rings. The number of rotatable bonds is 37.